The summed E-state index contributed by atoms with van der Waals surface area (Å²) in [7, 11) is 0. The number of aliphatic hydroxyl groups is 2. The zero-order chi connectivity index (χ0) is 8.74. The first-order chi connectivity index (χ1) is 5.18. The van der Waals surface area contributed by atoms with Gasteiger partial charge in [0.05, 0.1) is 13.2 Å². The van der Waals surface area contributed by atoms with Gasteiger partial charge < -0.3 is 10.2 Å². The maximum atomic E-state index is 8.89. The lowest BCUT2D eigenvalue weighted by Crippen LogP contribution is -2.28. The molecule has 0 radical (unpaired) electrons. The maximum Gasteiger partial charge on any atom is 0.0514 e. The Morgan fingerprint density at radius 1 is 1.45 bits per heavy atom. The molecule has 0 fully saturated rings. The van der Waals surface area contributed by atoms with E-state index in [9.17, 15) is 0 Å². The molecule has 0 aliphatic heterocycles. The van der Waals surface area contributed by atoms with E-state index in [1.807, 2.05) is 13.0 Å². The van der Waals surface area contributed by atoms with E-state index in [2.05, 4.69) is 6.58 Å². The molecule has 0 saturated carbocycles. The molecule has 11 heavy (non-hydrogen) atoms. The Hall–Kier alpha value is 0.01000. The molecule has 0 aromatic rings. The van der Waals surface area contributed by atoms with E-state index in [1.54, 1.807) is 11.8 Å². The van der Waals surface area contributed by atoms with Crippen LogP contribution in [-0.4, -0.2) is 34.9 Å². The Labute approximate surface area is 72.3 Å². The fourth-order valence-electron chi connectivity index (χ4n) is 0.530. The van der Waals surface area contributed by atoms with Crippen LogP contribution in [0.25, 0.3) is 0 Å². The molecule has 0 atom stereocenters. The van der Waals surface area contributed by atoms with E-state index >= 15 is 0 Å². The van der Waals surface area contributed by atoms with Gasteiger partial charge in [0.25, 0.3) is 0 Å². The van der Waals surface area contributed by atoms with Gasteiger partial charge in [0.1, 0.15) is 0 Å². The lowest BCUT2D eigenvalue weighted by atomic mass is 9.96. The monoisotopic (exact) mass is 176 g/mol. The first-order valence-electron chi connectivity index (χ1n) is 3.59. The Morgan fingerprint density at radius 2 is 2.00 bits per heavy atom. The summed E-state index contributed by atoms with van der Waals surface area (Å²) in [4.78, 5) is 0. The van der Waals surface area contributed by atoms with E-state index in [4.69, 9.17) is 10.2 Å². The van der Waals surface area contributed by atoms with Gasteiger partial charge in [-0.2, -0.15) is 11.8 Å². The minimum absolute atomic E-state index is 0.0354. The number of aliphatic hydroxyl groups excluding tert-OH is 2. The molecule has 0 amide bonds. The van der Waals surface area contributed by atoms with Gasteiger partial charge in [-0.1, -0.05) is 13.0 Å². The molecule has 0 aromatic heterocycles. The van der Waals surface area contributed by atoms with Crippen LogP contribution in [0.3, 0.4) is 0 Å². The van der Waals surface area contributed by atoms with E-state index in [0.717, 1.165) is 11.5 Å². The van der Waals surface area contributed by atoms with Crippen LogP contribution in [0.1, 0.15) is 6.92 Å². The highest BCUT2D eigenvalue weighted by atomic mass is 32.2. The Kier molecular flexibility index (Phi) is 5.64. The molecule has 0 rings (SSSR count). The molecule has 0 unspecified atom stereocenters. The molecular formula is C8H16O2S. The second-order valence-electron chi connectivity index (χ2n) is 2.93. The molecule has 0 aliphatic carbocycles. The van der Waals surface area contributed by atoms with Crippen molar-refractivity contribution in [1.29, 1.82) is 0 Å². The third-order valence-electron chi connectivity index (χ3n) is 1.45. The van der Waals surface area contributed by atoms with Crippen molar-refractivity contribution < 1.29 is 10.2 Å². The minimum Gasteiger partial charge on any atom is -0.396 e. The predicted octanol–water partition coefficient (Wildman–Crippen LogP) is 0.896. The van der Waals surface area contributed by atoms with Gasteiger partial charge in [-0.3, -0.25) is 0 Å². The van der Waals surface area contributed by atoms with Crippen molar-refractivity contribution in [3.8, 4) is 0 Å². The van der Waals surface area contributed by atoms with Crippen molar-refractivity contribution in [1.82, 2.24) is 0 Å². The van der Waals surface area contributed by atoms with E-state index in [1.165, 1.54) is 0 Å². The van der Waals surface area contributed by atoms with Crippen LogP contribution in [0.2, 0.25) is 0 Å². The number of hydrogen-bond donors (Lipinski definition) is 2. The molecule has 0 spiro atoms. The van der Waals surface area contributed by atoms with Gasteiger partial charge in [-0.05, 0) is 0 Å². The smallest absolute Gasteiger partial charge is 0.0514 e. The first-order valence-corrected chi connectivity index (χ1v) is 4.74. The average molecular weight is 176 g/mol. The summed E-state index contributed by atoms with van der Waals surface area (Å²) in [5, 5.41) is 17.8. The maximum absolute atomic E-state index is 8.89. The van der Waals surface area contributed by atoms with Crippen molar-refractivity contribution in [2.75, 3.05) is 24.7 Å². The predicted molar refractivity (Wildman–Crippen MR) is 49.8 cm³/mol. The lowest BCUT2D eigenvalue weighted by Gasteiger charge is -2.23. The van der Waals surface area contributed by atoms with Crippen LogP contribution in [0.4, 0.5) is 0 Å². The van der Waals surface area contributed by atoms with Gasteiger partial charge in [0.15, 0.2) is 0 Å². The van der Waals surface area contributed by atoms with E-state index in [0.29, 0.717) is 0 Å². The highest BCUT2D eigenvalue weighted by molar-refractivity contribution is 7.99. The summed E-state index contributed by atoms with van der Waals surface area (Å²) in [5.74, 6) is 1.64. The highest BCUT2D eigenvalue weighted by Gasteiger charge is 2.21. The molecule has 2 nitrogen and oxygen atoms in total. The topological polar surface area (TPSA) is 40.5 Å². The van der Waals surface area contributed by atoms with Crippen molar-refractivity contribution in [3.05, 3.63) is 12.7 Å². The van der Waals surface area contributed by atoms with Gasteiger partial charge in [-0.15, -0.1) is 6.58 Å². The highest BCUT2D eigenvalue weighted by Crippen LogP contribution is 2.20. The zero-order valence-electron chi connectivity index (χ0n) is 6.92. The van der Waals surface area contributed by atoms with Crippen LogP contribution in [-0.2, 0) is 0 Å². The summed E-state index contributed by atoms with van der Waals surface area (Å²) < 4.78 is 0. The molecule has 0 aliphatic rings. The van der Waals surface area contributed by atoms with Gasteiger partial charge >= 0.3 is 0 Å². The van der Waals surface area contributed by atoms with Crippen molar-refractivity contribution >= 4 is 11.8 Å². The van der Waals surface area contributed by atoms with Gasteiger partial charge in [0, 0.05) is 16.9 Å². The zero-order valence-corrected chi connectivity index (χ0v) is 7.73. The van der Waals surface area contributed by atoms with Crippen LogP contribution in [0.5, 0.6) is 0 Å². The van der Waals surface area contributed by atoms with Crippen molar-refractivity contribution in [3.63, 3.8) is 0 Å². The summed E-state index contributed by atoms with van der Waals surface area (Å²) in [6.07, 6.45) is 1.82. The minimum atomic E-state index is -0.340. The largest absolute Gasteiger partial charge is 0.396 e. The quantitative estimate of drug-likeness (QED) is 0.466. The fourth-order valence-corrected chi connectivity index (χ4v) is 1.49. The molecule has 0 heterocycles. The van der Waals surface area contributed by atoms with Crippen LogP contribution in [0.15, 0.2) is 12.7 Å². The summed E-state index contributed by atoms with van der Waals surface area (Å²) in [5.41, 5.74) is -0.340. The molecule has 2 N–H and O–H groups in total. The molecule has 0 aromatic carbocycles. The van der Waals surface area contributed by atoms with Gasteiger partial charge in [-0.25, -0.2) is 0 Å². The summed E-state index contributed by atoms with van der Waals surface area (Å²) >= 11 is 1.67. The Morgan fingerprint density at radius 3 is 2.36 bits per heavy atom. The number of rotatable bonds is 6. The molecule has 66 valence electrons. The third kappa shape index (κ3) is 4.45. The van der Waals surface area contributed by atoms with Crippen LogP contribution in [0, 0.1) is 5.41 Å². The molecular weight excluding hydrogens is 160 g/mol. The normalized spacial score (nSPS) is 11.5. The van der Waals surface area contributed by atoms with Crippen molar-refractivity contribution in [2.45, 2.75) is 6.92 Å². The summed E-state index contributed by atoms with van der Waals surface area (Å²) in [6.45, 7) is 5.52. The molecule has 0 bridgehead atoms. The fraction of sp³-hybridized carbons (Fsp3) is 0.750. The third-order valence-corrected chi connectivity index (χ3v) is 2.82. The van der Waals surface area contributed by atoms with E-state index in [-0.39, 0.29) is 18.6 Å². The number of thioether (sulfide) groups is 1. The Bertz CT molecular complexity index is 111. The molecule has 0 saturated heterocycles. The second-order valence-corrected chi connectivity index (χ2v) is 3.96. The van der Waals surface area contributed by atoms with Gasteiger partial charge in [0.2, 0.25) is 0 Å². The first kappa shape index (κ1) is 11.0. The van der Waals surface area contributed by atoms with Crippen molar-refractivity contribution in [2.24, 2.45) is 5.41 Å². The molecule has 3 heteroatoms. The standard InChI is InChI=1S/C8H16O2S/c1-3-4-11-7-8(2,5-9)6-10/h3,9-10H,1,4-7H2,2H3. The SMILES string of the molecule is C=CCSCC(C)(CO)CO. The summed E-state index contributed by atoms with van der Waals surface area (Å²) in [6, 6.07) is 0. The number of hydrogen-bond acceptors (Lipinski definition) is 3. The van der Waals surface area contributed by atoms with E-state index < -0.39 is 0 Å². The van der Waals surface area contributed by atoms with Crippen LogP contribution < -0.4 is 0 Å². The Balaban J connectivity index is 3.59. The lowest BCUT2D eigenvalue weighted by molar-refractivity contribution is 0.0895. The second kappa shape index (κ2) is 5.63. The van der Waals surface area contributed by atoms with Crippen LogP contribution >= 0.6 is 11.8 Å². The average Bonchev–Trinajstić information content (AvgIpc) is 2.05.